The topological polar surface area (TPSA) is 109 Å². The molecule has 11 heteroatoms. The minimum absolute atomic E-state index is 0.109. The van der Waals surface area contributed by atoms with Gasteiger partial charge in [-0.05, 0) is 43.5 Å². The van der Waals surface area contributed by atoms with E-state index < -0.39 is 5.97 Å². The number of hydrogen-bond acceptors (Lipinski definition) is 6. The SMILES string of the molecule is CCCCc1ncc(/C=C2\C(=O)N(CCCC)C(=O)N2Cc2csc(C)n2)n1Cc1ccc(C(=O)O)cc1Cl. The third-order valence-electron chi connectivity index (χ3n) is 6.57. The zero-order chi connectivity index (χ0) is 28.1. The summed E-state index contributed by atoms with van der Waals surface area (Å²) in [5, 5.41) is 12.4. The number of hydrogen-bond donors (Lipinski definition) is 1. The number of benzene rings is 1. The Morgan fingerprint density at radius 2 is 1.90 bits per heavy atom. The van der Waals surface area contributed by atoms with Crippen molar-refractivity contribution in [2.75, 3.05) is 6.54 Å². The van der Waals surface area contributed by atoms with Gasteiger partial charge in [0.2, 0.25) is 0 Å². The smallest absolute Gasteiger partial charge is 0.335 e. The second kappa shape index (κ2) is 12.6. The average molecular weight is 570 g/mol. The molecule has 2 aromatic heterocycles. The monoisotopic (exact) mass is 569 g/mol. The van der Waals surface area contributed by atoms with Crippen LogP contribution in [-0.2, 0) is 24.3 Å². The van der Waals surface area contributed by atoms with E-state index in [4.69, 9.17) is 11.6 Å². The van der Waals surface area contributed by atoms with Gasteiger partial charge in [0, 0.05) is 23.4 Å². The number of aromatic carboxylic acids is 1. The minimum atomic E-state index is -1.05. The summed E-state index contributed by atoms with van der Waals surface area (Å²) in [6.07, 6.45) is 7.63. The van der Waals surface area contributed by atoms with Crippen molar-refractivity contribution in [1.29, 1.82) is 0 Å². The molecule has 3 aromatic rings. The van der Waals surface area contributed by atoms with Gasteiger partial charge in [-0.1, -0.05) is 44.4 Å². The Bertz CT molecular complexity index is 1410. The highest BCUT2D eigenvalue weighted by molar-refractivity contribution is 7.09. The number of urea groups is 1. The fraction of sp³-hybridized carbons (Fsp3) is 0.393. The van der Waals surface area contributed by atoms with Gasteiger partial charge in [0.25, 0.3) is 5.91 Å². The number of amides is 3. The summed E-state index contributed by atoms with van der Waals surface area (Å²) >= 11 is 7.96. The Balaban J connectivity index is 1.75. The van der Waals surface area contributed by atoms with Crippen LogP contribution in [0.1, 0.15) is 77.7 Å². The van der Waals surface area contributed by atoms with E-state index in [1.807, 2.05) is 23.8 Å². The molecule has 0 spiro atoms. The van der Waals surface area contributed by atoms with E-state index >= 15 is 0 Å². The number of carboxylic acids is 1. The molecule has 1 fully saturated rings. The molecule has 206 valence electrons. The van der Waals surface area contributed by atoms with Crippen molar-refractivity contribution in [3.05, 3.63) is 73.8 Å². The number of aromatic nitrogens is 3. The number of carbonyl (C=O) groups is 3. The van der Waals surface area contributed by atoms with Crippen LogP contribution in [-0.4, -0.2) is 53.9 Å². The predicted molar refractivity (Wildman–Crippen MR) is 151 cm³/mol. The lowest BCUT2D eigenvalue weighted by molar-refractivity contribution is -0.123. The van der Waals surface area contributed by atoms with Crippen molar-refractivity contribution in [2.45, 2.75) is 66.0 Å². The average Bonchev–Trinajstić information content (AvgIpc) is 3.55. The van der Waals surface area contributed by atoms with Gasteiger partial charge < -0.3 is 9.67 Å². The van der Waals surface area contributed by atoms with Crippen LogP contribution in [0, 0.1) is 6.92 Å². The van der Waals surface area contributed by atoms with Gasteiger partial charge in [0.1, 0.15) is 11.5 Å². The van der Waals surface area contributed by atoms with Gasteiger partial charge in [-0.2, -0.15) is 0 Å². The van der Waals surface area contributed by atoms with Crippen LogP contribution in [0.2, 0.25) is 5.02 Å². The van der Waals surface area contributed by atoms with Gasteiger partial charge >= 0.3 is 12.0 Å². The van der Waals surface area contributed by atoms with E-state index in [1.54, 1.807) is 18.3 Å². The van der Waals surface area contributed by atoms with Crippen molar-refractivity contribution in [1.82, 2.24) is 24.3 Å². The van der Waals surface area contributed by atoms with E-state index in [1.165, 1.54) is 33.3 Å². The molecule has 1 aliphatic heterocycles. The number of carboxylic acid groups (broad SMARTS) is 1. The van der Waals surface area contributed by atoms with Crippen LogP contribution in [0.3, 0.4) is 0 Å². The molecular formula is C28H32ClN5O4S. The molecule has 0 unspecified atom stereocenters. The number of halogens is 1. The van der Waals surface area contributed by atoms with Crippen molar-refractivity contribution in [2.24, 2.45) is 0 Å². The van der Waals surface area contributed by atoms with Crippen LogP contribution >= 0.6 is 22.9 Å². The van der Waals surface area contributed by atoms with Gasteiger partial charge in [0.15, 0.2) is 0 Å². The second-order valence-electron chi connectivity index (χ2n) is 9.47. The number of carbonyl (C=O) groups excluding carboxylic acids is 2. The van der Waals surface area contributed by atoms with Crippen LogP contribution in [0.5, 0.6) is 0 Å². The Morgan fingerprint density at radius 3 is 2.54 bits per heavy atom. The third-order valence-corrected chi connectivity index (χ3v) is 7.75. The summed E-state index contributed by atoms with van der Waals surface area (Å²) in [4.78, 5) is 50.2. The lowest BCUT2D eigenvalue weighted by Gasteiger charge is -2.16. The molecule has 1 saturated heterocycles. The quantitative estimate of drug-likeness (QED) is 0.212. The van der Waals surface area contributed by atoms with E-state index in [0.29, 0.717) is 23.8 Å². The van der Waals surface area contributed by atoms with Gasteiger partial charge in [-0.25, -0.2) is 19.6 Å². The summed E-state index contributed by atoms with van der Waals surface area (Å²) in [5.41, 5.74) is 2.50. The van der Waals surface area contributed by atoms with Crippen LogP contribution < -0.4 is 0 Å². The molecule has 4 rings (SSSR count). The molecule has 0 atom stereocenters. The summed E-state index contributed by atoms with van der Waals surface area (Å²) in [5.74, 6) is -0.567. The maximum Gasteiger partial charge on any atom is 0.335 e. The summed E-state index contributed by atoms with van der Waals surface area (Å²) in [6, 6.07) is 4.30. The highest BCUT2D eigenvalue weighted by atomic mass is 35.5. The van der Waals surface area contributed by atoms with Crippen LogP contribution in [0.4, 0.5) is 4.79 Å². The summed E-state index contributed by atoms with van der Waals surface area (Å²) in [6.45, 7) is 6.91. The fourth-order valence-corrected chi connectivity index (χ4v) is 5.26. The first-order valence-corrected chi connectivity index (χ1v) is 14.3. The Hall–Kier alpha value is -3.50. The Labute approximate surface area is 236 Å². The standard InChI is InChI=1S/C28H32ClN5O4S/c1-4-6-8-25-30-14-22(33(25)15-20-10-9-19(27(36)37)12-23(20)29)13-24-26(35)32(11-7-5-2)28(38)34(24)16-21-17-39-18(3)31-21/h9-10,12-14,17H,4-8,11,15-16H2,1-3H3,(H,36,37)/b24-13+. The Morgan fingerprint density at radius 1 is 1.13 bits per heavy atom. The van der Waals surface area contributed by atoms with E-state index in [-0.39, 0.29) is 29.7 Å². The predicted octanol–water partition coefficient (Wildman–Crippen LogP) is 6.00. The zero-order valence-electron chi connectivity index (χ0n) is 22.3. The number of aryl methyl sites for hydroxylation is 2. The molecule has 0 saturated carbocycles. The maximum atomic E-state index is 13.5. The molecule has 9 nitrogen and oxygen atoms in total. The lowest BCUT2D eigenvalue weighted by atomic mass is 10.1. The highest BCUT2D eigenvalue weighted by Gasteiger charge is 2.41. The molecule has 3 amide bonds. The first kappa shape index (κ1) is 28.5. The molecule has 1 N–H and O–H groups in total. The van der Waals surface area contributed by atoms with Crippen LogP contribution in [0.25, 0.3) is 6.08 Å². The van der Waals surface area contributed by atoms with Gasteiger partial charge in [-0.15, -0.1) is 11.3 Å². The molecule has 0 radical (unpaired) electrons. The lowest BCUT2D eigenvalue weighted by Crippen LogP contribution is -2.33. The number of thiazole rings is 1. The number of imide groups is 1. The third kappa shape index (κ3) is 6.39. The highest BCUT2D eigenvalue weighted by Crippen LogP contribution is 2.28. The summed E-state index contributed by atoms with van der Waals surface area (Å²) < 4.78 is 1.97. The zero-order valence-corrected chi connectivity index (χ0v) is 23.9. The maximum absolute atomic E-state index is 13.5. The number of nitrogens with zero attached hydrogens (tertiary/aromatic N) is 5. The van der Waals surface area contributed by atoms with Crippen molar-refractivity contribution < 1.29 is 19.5 Å². The first-order chi connectivity index (χ1) is 18.7. The van der Waals surface area contributed by atoms with Crippen molar-refractivity contribution >= 4 is 46.9 Å². The minimum Gasteiger partial charge on any atom is -0.478 e. The van der Waals surface area contributed by atoms with Crippen LogP contribution in [0.15, 0.2) is 35.5 Å². The fourth-order valence-electron chi connectivity index (χ4n) is 4.42. The summed E-state index contributed by atoms with van der Waals surface area (Å²) in [7, 11) is 0. The van der Waals surface area contributed by atoms with E-state index in [9.17, 15) is 19.5 Å². The molecule has 39 heavy (non-hydrogen) atoms. The molecule has 0 aliphatic carbocycles. The van der Waals surface area contributed by atoms with Crippen molar-refractivity contribution in [3.63, 3.8) is 0 Å². The number of rotatable bonds is 12. The van der Waals surface area contributed by atoms with Gasteiger partial charge in [-0.3, -0.25) is 14.6 Å². The first-order valence-electron chi connectivity index (χ1n) is 13.1. The molecule has 1 aromatic carbocycles. The van der Waals surface area contributed by atoms with E-state index in [0.717, 1.165) is 54.2 Å². The molecule has 1 aliphatic rings. The normalized spacial score (nSPS) is 14.7. The molecule has 0 bridgehead atoms. The number of imidazole rings is 1. The Kier molecular flexibility index (Phi) is 9.19. The molecule has 3 heterocycles. The van der Waals surface area contributed by atoms with Crippen molar-refractivity contribution in [3.8, 4) is 0 Å². The second-order valence-corrected chi connectivity index (χ2v) is 10.9. The van der Waals surface area contributed by atoms with Gasteiger partial charge in [0.05, 0.1) is 41.2 Å². The number of unbranched alkanes of at least 4 members (excludes halogenated alkanes) is 2. The largest absolute Gasteiger partial charge is 0.478 e. The molecular weight excluding hydrogens is 538 g/mol. The van der Waals surface area contributed by atoms with E-state index in [2.05, 4.69) is 16.9 Å².